The van der Waals surface area contributed by atoms with Gasteiger partial charge in [0.25, 0.3) is 0 Å². The van der Waals surface area contributed by atoms with E-state index in [9.17, 15) is 22.8 Å². The summed E-state index contributed by atoms with van der Waals surface area (Å²) >= 11 is 1.18. The molecule has 2 aliphatic rings. The van der Waals surface area contributed by atoms with Crippen molar-refractivity contribution in [3.63, 3.8) is 0 Å². The quantitative estimate of drug-likeness (QED) is 0.538. The fourth-order valence-electron chi connectivity index (χ4n) is 4.28. The third kappa shape index (κ3) is 2.34. The molecule has 5 rings (SSSR count). The lowest BCUT2D eigenvalue weighted by molar-refractivity contribution is -0.137. The lowest BCUT2D eigenvalue weighted by atomic mass is 10.0. The number of carbonyl (C=O) groups is 2. The maximum absolute atomic E-state index is 13.6. The van der Waals surface area contributed by atoms with Crippen molar-refractivity contribution in [2.45, 2.75) is 23.2 Å². The largest absolute Gasteiger partial charge is 0.416 e. The van der Waals surface area contributed by atoms with Gasteiger partial charge >= 0.3 is 6.18 Å². The zero-order valence-corrected chi connectivity index (χ0v) is 16.0. The highest BCUT2D eigenvalue weighted by Crippen LogP contribution is 2.58. The number of carbonyl (C=O) groups excluding carboxylic acids is 2. The van der Waals surface area contributed by atoms with E-state index in [1.165, 1.54) is 28.8 Å². The molecule has 1 fully saturated rings. The molecule has 1 amide bonds. The first-order valence-electron chi connectivity index (χ1n) is 9.01. The lowest BCUT2D eigenvalue weighted by Gasteiger charge is -2.34. The second-order valence-corrected chi connectivity index (χ2v) is 8.70. The summed E-state index contributed by atoms with van der Waals surface area (Å²) in [5.41, 5.74) is 0.351. The van der Waals surface area contributed by atoms with E-state index in [1.54, 1.807) is 31.2 Å². The molecule has 0 N–H and O–H groups in total. The molecule has 1 saturated heterocycles. The van der Waals surface area contributed by atoms with Gasteiger partial charge in [0.05, 0.1) is 10.8 Å². The Hall–Kier alpha value is -2.80. The summed E-state index contributed by atoms with van der Waals surface area (Å²) in [6, 6.07) is 15.5. The van der Waals surface area contributed by atoms with Gasteiger partial charge in [-0.3, -0.25) is 14.5 Å². The van der Waals surface area contributed by atoms with Crippen LogP contribution in [0, 0.1) is 0 Å². The van der Waals surface area contributed by atoms with Crippen molar-refractivity contribution in [1.29, 1.82) is 0 Å². The van der Waals surface area contributed by atoms with Crippen molar-refractivity contribution in [3.05, 3.63) is 77.4 Å². The van der Waals surface area contributed by atoms with Crippen LogP contribution in [0.1, 0.15) is 28.4 Å². The molecule has 0 bridgehead atoms. The van der Waals surface area contributed by atoms with Crippen LogP contribution in [0.5, 0.6) is 0 Å². The predicted molar refractivity (Wildman–Crippen MR) is 106 cm³/mol. The molecule has 0 radical (unpaired) electrons. The van der Waals surface area contributed by atoms with Gasteiger partial charge in [0.1, 0.15) is 0 Å². The number of Topliss-reactive ketones (excluding diaryl/α,β-unsaturated/α-hetero) is 1. The number of fused-ring (bicyclic) bond motifs is 1. The number of benzene rings is 3. The number of halogens is 3. The highest BCUT2D eigenvalue weighted by Gasteiger charge is 2.60. The van der Waals surface area contributed by atoms with Crippen molar-refractivity contribution in [2.24, 2.45) is 0 Å². The SMILES string of the molecule is CC1SC2(C(=O)c3cccc4cccc2c34)N(c2cccc(C(F)(F)F)c2)C1=O. The summed E-state index contributed by atoms with van der Waals surface area (Å²) in [6.07, 6.45) is -4.55. The number of amides is 1. The van der Waals surface area contributed by atoms with Gasteiger partial charge in [-0.2, -0.15) is 13.2 Å². The van der Waals surface area contributed by atoms with Crippen molar-refractivity contribution < 1.29 is 22.8 Å². The molecule has 3 aromatic carbocycles. The Bertz CT molecular complexity index is 1200. The van der Waals surface area contributed by atoms with Gasteiger partial charge in [-0.1, -0.05) is 42.5 Å². The van der Waals surface area contributed by atoms with Crippen LogP contribution in [0.4, 0.5) is 18.9 Å². The molecule has 3 aromatic rings. The Morgan fingerprint density at radius 1 is 1.00 bits per heavy atom. The molecule has 1 aliphatic carbocycles. The van der Waals surface area contributed by atoms with Gasteiger partial charge < -0.3 is 0 Å². The summed E-state index contributed by atoms with van der Waals surface area (Å²) < 4.78 is 39.9. The van der Waals surface area contributed by atoms with Crippen LogP contribution < -0.4 is 4.90 Å². The second kappa shape index (κ2) is 5.86. The van der Waals surface area contributed by atoms with E-state index >= 15 is 0 Å². The Morgan fingerprint density at radius 2 is 1.69 bits per heavy atom. The fourth-order valence-corrected chi connectivity index (χ4v) is 5.82. The van der Waals surface area contributed by atoms with E-state index in [4.69, 9.17) is 0 Å². The third-order valence-electron chi connectivity index (χ3n) is 5.48. The first-order valence-corrected chi connectivity index (χ1v) is 9.89. The fraction of sp³-hybridized carbons (Fsp3) is 0.182. The topological polar surface area (TPSA) is 37.4 Å². The Kier molecular flexibility index (Phi) is 3.68. The molecule has 0 aromatic heterocycles. The summed E-state index contributed by atoms with van der Waals surface area (Å²) in [7, 11) is 0. The number of anilines is 1. The van der Waals surface area contributed by atoms with E-state index in [1.807, 2.05) is 12.1 Å². The normalized spacial score (nSPS) is 23.6. The molecule has 7 heteroatoms. The van der Waals surface area contributed by atoms with Gasteiger partial charge in [-0.05, 0) is 35.9 Å². The van der Waals surface area contributed by atoms with E-state index in [-0.39, 0.29) is 17.4 Å². The molecular weight excluding hydrogens is 399 g/mol. The summed E-state index contributed by atoms with van der Waals surface area (Å²) in [6.45, 7) is 1.68. The molecule has 1 heterocycles. The molecule has 0 saturated carbocycles. The number of ketones is 1. The van der Waals surface area contributed by atoms with Gasteiger partial charge in [0, 0.05) is 16.8 Å². The zero-order valence-electron chi connectivity index (χ0n) is 15.2. The van der Waals surface area contributed by atoms with Crippen LogP contribution in [0.3, 0.4) is 0 Å². The molecule has 2 atom stereocenters. The Labute approximate surface area is 168 Å². The van der Waals surface area contributed by atoms with Crippen molar-refractivity contribution in [1.82, 2.24) is 0 Å². The highest BCUT2D eigenvalue weighted by atomic mass is 32.2. The Balaban J connectivity index is 1.79. The summed E-state index contributed by atoms with van der Waals surface area (Å²) in [5, 5.41) is 1.05. The van der Waals surface area contributed by atoms with E-state index < -0.39 is 21.9 Å². The van der Waals surface area contributed by atoms with Gasteiger partial charge in [0.2, 0.25) is 11.7 Å². The van der Waals surface area contributed by atoms with Gasteiger partial charge in [-0.25, -0.2) is 0 Å². The van der Waals surface area contributed by atoms with Crippen molar-refractivity contribution >= 4 is 39.9 Å². The van der Waals surface area contributed by atoms with Crippen LogP contribution in [0.15, 0.2) is 60.7 Å². The predicted octanol–water partition coefficient (Wildman–Crippen LogP) is 5.38. The third-order valence-corrected chi connectivity index (χ3v) is 6.97. The van der Waals surface area contributed by atoms with Crippen LogP contribution in [0.2, 0.25) is 0 Å². The zero-order chi connectivity index (χ0) is 20.6. The van der Waals surface area contributed by atoms with Crippen LogP contribution >= 0.6 is 11.8 Å². The van der Waals surface area contributed by atoms with Crippen LogP contribution in [-0.4, -0.2) is 16.9 Å². The Morgan fingerprint density at radius 3 is 2.41 bits per heavy atom. The molecule has 29 heavy (non-hydrogen) atoms. The highest BCUT2D eigenvalue weighted by molar-refractivity contribution is 8.03. The van der Waals surface area contributed by atoms with Crippen LogP contribution in [-0.2, 0) is 15.8 Å². The standard InChI is InChI=1S/C22H14F3NO2S/c1-12-20(28)26(15-8-4-7-14(11-15)22(23,24)25)21(29-12)17-10-3-6-13-5-2-9-16(18(13)17)19(21)27/h2-12H,1H3. The smallest absolute Gasteiger partial charge is 0.290 e. The average molecular weight is 413 g/mol. The number of alkyl halides is 3. The minimum absolute atomic E-state index is 0.0693. The molecular formula is C22H14F3NO2S. The van der Waals surface area contributed by atoms with E-state index in [2.05, 4.69) is 0 Å². The van der Waals surface area contributed by atoms with E-state index in [0.29, 0.717) is 11.1 Å². The number of hydrogen-bond donors (Lipinski definition) is 0. The van der Waals surface area contributed by atoms with Gasteiger partial charge in [0.15, 0.2) is 4.87 Å². The number of thioether (sulfide) groups is 1. The minimum Gasteiger partial charge on any atom is -0.290 e. The van der Waals surface area contributed by atoms with Crippen molar-refractivity contribution in [3.8, 4) is 0 Å². The molecule has 3 nitrogen and oxygen atoms in total. The summed E-state index contributed by atoms with van der Waals surface area (Å²) in [4.78, 5) is 26.6. The first-order chi connectivity index (χ1) is 13.7. The average Bonchev–Trinajstić information content (AvgIpc) is 3.10. The minimum atomic E-state index is -4.55. The molecule has 1 spiro atoms. The maximum atomic E-state index is 13.6. The van der Waals surface area contributed by atoms with Crippen molar-refractivity contribution in [2.75, 3.05) is 4.90 Å². The monoisotopic (exact) mass is 413 g/mol. The van der Waals surface area contributed by atoms with Gasteiger partial charge in [-0.15, -0.1) is 11.8 Å². The summed E-state index contributed by atoms with van der Waals surface area (Å²) in [5.74, 6) is -0.656. The second-order valence-electron chi connectivity index (χ2n) is 7.16. The van der Waals surface area contributed by atoms with E-state index in [0.717, 1.165) is 22.9 Å². The molecule has 2 unspecified atom stereocenters. The number of hydrogen-bond acceptors (Lipinski definition) is 3. The maximum Gasteiger partial charge on any atom is 0.416 e. The lowest BCUT2D eigenvalue weighted by Crippen LogP contribution is -2.46. The molecule has 1 aliphatic heterocycles. The number of rotatable bonds is 1. The molecule has 146 valence electrons. The van der Waals surface area contributed by atoms with Crippen LogP contribution in [0.25, 0.3) is 10.8 Å². The first kappa shape index (κ1) is 18.2. The number of nitrogens with zero attached hydrogens (tertiary/aromatic N) is 1.